The molecule has 0 amide bonds. The number of allylic oxidation sites excluding steroid dienone is 1. The zero-order valence-corrected chi connectivity index (χ0v) is 24.6. The minimum absolute atomic E-state index is 0.0479. The highest BCUT2D eigenvalue weighted by atomic mass is 32.2. The van der Waals surface area contributed by atoms with E-state index >= 15 is 0 Å². The Morgan fingerprint density at radius 1 is 1.21 bits per heavy atom. The van der Waals surface area contributed by atoms with Gasteiger partial charge in [0, 0.05) is 57.3 Å². The molecular formula is C28H39N7O6S. The Balaban J connectivity index is 1.39. The average molecular weight is 602 g/mol. The van der Waals surface area contributed by atoms with Crippen molar-refractivity contribution in [1.82, 2.24) is 14.6 Å². The van der Waals surface area contributed by atoms with Crippen LogP contribution in [-0.4, -0.2) is 107 Å². The normalized spacial score (nSPS) is 24.5. The largest absolute Gasteiger partial charge is 0.400 e. The third-order valence-electron chi connectivity index (χ3n) is 7.40. The second-order valence-electron chi connectivity index (χ2n) is 10.6. The zero-order valence-electron chi connectivity index (χ0n) is 23.8. The fourth-order valence-electron chi connectivity index (χ4n) is 4.92. The first-order valence-corrected chi connectivity index (χ1v) is 15.1. The van der Waals surface area contributed by atoms with Crippen molar-refractivity contribution in [3.05, 3.63) is 58.8 Å². The molecule has 0 aromatic heterocycles. The predicted molar refractivity (Wildman–Crippen MR) is 160 cm³/mol. The Morgan fingerprint density at radius 3 is 2.60 bits per heavy atom. The van der Waals surface area contributed by atoms with E-state index in [1.54, 1.807) is 12.1 Å². The maximum Gasteiger partial charge on any atom is 0.251 e. The van der Waals surface area contributed by atoms with E-state index in [4.69, 9.17) is 21.1 Å². The van der Waals surface area contributed by atoms with Crippen molar-refractivity contribution in [2.45, 2.75) is 31.0 Å². The van der Waals surface area contributed by atoms with Crippen LogP contribution in [0.5, 0.6) is 0 Å². The molecule has 2 aliphatic heterocycles. The Kier molecular flexibility index (Phi) is 10.4. The van der Waals surface area contributed by atoms with Crippen LogP contribution in [0.1, 0.15) is 12.0 Å². The summed E-state index contributed by atoms with van der Waals surface area (Å²) in [5.41, 5.74) is 7.72. The number of hydrogen-bond acceptors (Lipinski definition) is 12. The van der Waals surface area contributed by atoms with Crippen LogP contribution in [0.2, 0.25) is 0 Å². The number of fused-ring (bicyclic) bond motifs is 1. The molecule has 14 heteroatoms. The smallest absolute Gasteiger partial charge is 0.251 e. The summed E-state index contributed by atoms with van der Waals surface area (Å²) in [6.45, 7) is 3.56. The monoisotopic (exact) mass is 601 g/mol. The van der Waals surface area contributed by atoms with E-state index in [0.29, 0.717) is 5.56 Å². The van der Waals surface area contributed by atoms with Crippen molar-refractivity contribution in [3.63, 3.8) is 0 Å². The third kappa shape index (κ3) is 7.97. The second kappa shape index (κ2) is 13.8. The van der Waals surface area contributed by atoms with Crippen molar-refractivity contribution < 1.29 is 28.1 Å². The Morgan fingerprint density at radius 2 is 1.90 bits per heavy atom. The highest BCUT2D eigenvalue weighted by Crippen LogP contribution is 2.25. The number of aliphatic hydroxyl groups is 2. The summed E-state index contributed by atoms with van der Waals surface area (Å²) in [7, 11) is -0.653. The van der Waals surface area contributed by atoms with Gasteiger partial charge in [-0.05, 0) is 47.7 Å². The number of hydrogen-bond donors (Lipinski definition) is 5. The van der Waals surface area contributed by atoms with Gasteiger partial charge in [-0.3, -0.25) is 0 Å². The van der Waals surface area contributed by atoms with Gasteiger partial charge < -0.3 is 40.2 Å². The molecule has 2 heterocycles. The number of piperazine rings is 1. The van der Waals surface area contributed by atoms with E-state index in [2.05, 4.69) is 33.7 Å². The topological polar surface area (TPSA) is 191 Å². The van der Waals surface area contributed by atoms with E-state index in [1.165, 1.54) is 19.4 Å². The number of methoxy groups -OCH3 is 1. The summed E-state index contributed by atoms with van der Waals surface area (Å²) in [5, 5.41) is 32.9. The number of sulfonamides is 1. The SMILES string of the molecule is CO[C@@H]1C[C@@H](O)[C@H](O)[C@@H](CN(N)/C=C(\N)CNS(=O)(=O)/C(C#N)=C/c2ccc3cc(N4CCN(C)CC4)ccc3c2)O1. The molecule has 2 fully saturated rings. The highest BCUT2D eigenvalue weighted by molar-refractivity contribution is 7.93. The number of likely N-dealkylation sites (N-methyl/N-ethyl adjacent to an activating group) is 1. The number of benzene rings is 2. The van der Waals surface area contributed by atoms with Crippen molar-refractivity contribution in [1.29, 1.82) is 5.26 Å². The van der Waals surface area contributed by atoms with Gasteiger partial charge in [0.2, 0.25) is 0 Å². The predicted octanol–water partition coefficient (Wildman–Crippen LogP) is -0.166. The van der Waals surface area contributed by atoms with Crippen molar-refractivity contribution >= 4 is 32.6 Å². The van der Waals surface area contributed by atoms with Gasteiger partial charge in [-0.25, -0.2) is 19.0 Å². The van der Waals surface area contributed by atoms with Gasteiger partial charge in [0.05, 0.1) is 19.2 Å². The van der Waals surface area contributed by atoms with E-state index in [0.717, 1.165) is 47.6 Å². The molecule has 0 saturated carbocycles. The van der Waals surface area contributed by atoms with Gasteiger partial charge in [0.1, 0.15) is 18.3 Å². The molecule has 4 rings (SSSR count). The minimum Gasteiger partial charge on any atom is -0.400 e. The van der Waals surface area contributed by atoms with Crippen LogP contribution in [0.15, 0.2) is 53.2 Å². The quantitative estimate of drug-likeness (QED) is 0.138. The second-order valence-corrected chi connectivity index (χ2v) is 12.3. The molecule has 2 saturated heterocycles. The number of anilines is 1. The number of nitrogens with zero attached hydrogens (tertiary/aromatic N) is 4. The zero-order chi connectivity index (χ0) is 30.4. The molecule has 42 heavy (non-hydrogen) atoms. The van der Waals surface area contributed by atoms with Gasteiger partial charge in [-0.15, -0.1) is 0 Å². The number of rotatable bonds is 10. The first-order chi connectivity index (χ1) is 20.0. The van der Waals surface area contributed by atoms with Crippen LogP contribution in [0.4, 0.5) is 5.69 Å². The number of nitrogens with one attached hydrogen (secondary N) is 1. The summed E-state index contributed by atoms with van der Waals surface area (Å²) in [4.78, 5) is 4.18. The third-order valence-corrected chi connectivity index (χ3v) is 8.71. The minimum atomic E-state index is -4.19. The molecule has 2 aliphatic rings. The fraction of sp³-hybridized carbons (Fsp3) is 0.464. The number of ether oxygens (including phenoxy) is 2. The molecular weight excluding hydrogens is 562 g/mol. The fourth-order valence-corrected chi connectivity index (χ4v) is 5.84. The summed E-state index contributed by atoms with van der Waals surface area (Å²) < 4.78 is 38.8. The van der Waals surface area contributed by atoms with Gasteiger partial charge in [0.15, 0.2) is 11.2 Å². The van der Waals surface area contributed by atoms with Gasteiger partial charge in [-0.2, -0.15) is 5.26 Å². The van der Waals surface area contributed by atoms with Crippen LogP contribution in [-0.2, 0) is 19.5 Å². The van der Waals surface area contributed by atoms with Crippen LogP contribution >= 0.6 is 0 Å². The Labute approximate surface area is 246 Å². The molecule has 0 aliphatic carbocycles. The van der Waals surface area contributed by atoms with Crippen LogP contribution in [0, 0.1) is 11.3 Å². The Bertz CT molecular complexity index is 1450. The summed E-state index contributed by atoms with van der Waals surface area (Å²) in [6.07, 6.45) is -1.10. The van der Waals surface area contributed by atoms with Crippen molar-refractivity contribution in [2.24, 2.45) is 11.6 Å². The lowest BCUT2D eigenvalue weighted by atomic mass is 10.0. The van der Waals surface area contributed by atoms with Gasteiger partial charge in [-0.1, -0.05) is 18.2 Å². The van der Waals surface area contributed by atoms with E-state index in [-0.39, 0.29) is 25.2 Å². The standard InChI is InChI=1S/C28H39N7O6S/c1-33-7-9-34(10-8-33)23-6-5-20-11-19(3-4-21(20)13-23)12-24(15-29)42(38,39)32-16-22(30)17-35(31)18-26-28(37)25(36)14-27(40-2)41-26/h3-6,11-13,17,25-28,32,36-37H,7-10,14,16,18,30-31H2,1-2H3/b22-17-,24-12+/t25-,26-,27+,28+/m1/s1. The lowest BCUT2D eigenvalue weighted by Gasteiger charge is -2.37. The van der Waals surface area contributed by atoms with Crippen LogP contribution < -0.4 is 21.2 Å². The van der Waals surface area contributed by atoms with Gasteiger partial charge in [0.25, 0.3) is 10.0 Å². The molecule has 0 bridgehead atoms. The molecule has 2 aromatic carbocycles. The van der Waals surface area contributed by atoms with E-state index < -0.39 is 39.5 Å². The highest BCUT2D eigenvalue weighted by Gasteiger charge is 2.37. The number of nitrogens with two attached hydrogens (primary N) is 2. The van der Waals surface area contributed by atoms with Crippen LogP contribution in [0.25, 0.3) is 16.8 Å². The Hall–Kier alpha value is -3.26. The number of hydrazine groups is 1. The number of aliphatic hydroxyl groups excluding tert-OH is 2. The summed E-state index contributed by atoms with van der Waals surface area (Å²) in [5.74, 6) is 5.95. The van der Waals surface area contributed by atoms with Crippen molar-refractivity contribution in [3.8, 4) is 6.07 Å². The first kappa shape index (κ1) is 31.7. The maximum absolute atomic E-state index is 12.9. The lowest BCUT2D eigenvalue weighted by Crippen LogP contribution is -2.53. The molecule has 0 spiro atoms. The van der Waals surface area contributed by atoms with Crippen molar-refractivity contribution in [2.75, 3.05) is 58.3 Å². The molecule has 4 atom stereocenters. The summed E-state index contributed by atoms with van der Waals surface area (Å²) >= 11 is 0. The maximum atomic E-state index is 12.9. The molecule has 7 N–H and O–H groups in total. The first-order valence-electron chi connectivity index (χ1n) is 13.6. The number of nitriles is 1. The molecule has 13 nitrogen and oxygen atoms in total. The molecule has 0 radical (unpaired) electrons. The van der Waals surface area contributed by atoms with Gasteiger partial charge >= 0.3 is 0 Å². The summed E-state index contributed by atoms with van der Waals surface area (Å²) in [6, 6.07) is 13.4. The van der Waals surface area contributed by atoms with Crippen LogP contribution in [0.3, 0.4) is 0 Å². The molecule has 228 valence electrons. The molecule has 2 aromatic rings. The van der Waals surface area contributed by atoms with E-state index in [9.17, 15) is 23.9 Å². The molecule has 0 unspecified atom stereocenters. The average Bonchev–Trinajstić information content (AvgIpc) is 2.97. The lowest BCUT2D eigenvalue weighted by molar-refractivity contribution is -0.244. The van der Waals surface area contributed by atoms with E-state index in [1.807, 2.05) is 18.2 Å².